The van der Waals surface area contributed by atoms with Crippen molar-refractivity contribution in [3.8, 4) is 18.1 Å². The number of phenolic OH excluding ortho intramolecular Hbond substituents is 1. The van der Waals surface area contributed by atoms with Crippen LogP contribution in [0.5, 0.6) is 5.75 Å². The zero-order chi connectivity index (χ0) is 8.43. The molecule has 1 rings (SSSR count). The molecule has 0 aliphatic rings. The normalized spacial score (nSPS) is 9.18. The number of hydrogen-bond donors (Lipinski definition) is 1. The van der Waals surface area contributed by atoms with E-state index in [1.807, 2.05) is 19.9 Å². The Balaban J connectivity index is 3.44. The minimum Gasteiger partial charge on any atom is -0.508 e. The van der Waals surface area contributed by atoms with Gasteiger partial charge in [0, 0.05) is 11.1 Å². The van der Waals surface area contributed by atoms with Crippen LogP contribution in [-0.4, -0.2) is 5.11 Å². The molecule has 56 valence electrons. The standard InChI is InChI=1S/C10H10O/c1-4-9-7(2)5-6-10(11)8(9)3/h1,5-6,11H,2-3H3. The minimum absolute atomic E-state index is 0.267. The third-order valence-electron chi connectivity index (χ3n) is 1.79. The number of terminal acetylenes is 1. The summed E-state index contributed by atoms with van der Waals surface area (Å²) in [7, 11) is 0. The van der Waals surface area contributed by atoms with Gasteiger partial charge in [0.1, 0.15) is 5.75 Å². The van der Waals surface area contributed by atoms with Gasteiger partial charge in [0.15, 0.2) is 0 Å². The van der Waals surface area contributed by atoms with Crippen LogP contribution in [0.15, 0.2) is 12.1 Å². The Hall–Kier alpha value is -1.42. The Labute approximate surface area is 66.7 Å². The molecule has 0 unspecified atom stereocenters. The van der Waals surface area contributed by atoms with Crippen LogP contribution in [0.3, 0.4) is 0 Å². The van der Waals surface area contributed by atoms with E-state index >= 15 is 0 Å². The van der Waals surface area contributed by atoms with Gasteiger partial charge in [-0.15, -0.1) is 6.42 Å². The summed E-state index contributed by atoms with van der Waals surface area (Å²) in [6.07, 6.45) is 5.26. The van der Waals surface area contributed by atoms with Crippen molar-refractivity contribution in [2.75, 3.05) is 0 Å². The van der Waals surface area contributed by atoms with Gasteiger partial charge in [0.05, 0.1) is 0 Å². The van der Waals surface area contributed by atoms with Crippen LogP contribution in [0.25, 0.3) is 0 Å². The summed E-state index contributed by atoms with van der Waals surface area (Å²) >= 11 is 0. The highest BCUT2D eigenvalue weighted by atomic mass is 16.3. The average molecular weight is 146 g/mol. The van der Waals surface area contributed by atoms with Crippen molar-refractivity contribution in [2.45, 2.75) is 13.8 Å². The van der Waals surface area contributed by atoms with E-state index in [2.05, 4.69) is 5.92 Å². The molecule has 1 aromatic carbocycles. The van der Waals surface area contributed by atoms with Crippen LogP contribution in [0.1, 0.15) is 16.7 Å². The highest BCUT2D eigenvalue weighted by Gasteiger charge is 2.02. The Kier molecular flexibility index (Phi) is 1.87. The van der Waals surface area contributed by atoms with Crippen molar-refractivity contribution in [2.24, 2.45) is 0 Å². The molecule has 0 bridgehead atoms. The van der Waals surface area contributed by atoms with E-state index in [1.54, 1.807) is 6.07 Å². The van der Waals surface area contributed by atoms with Gasteiger partial charge < -0.3 is 5.11 Å². The summed E-state index contributed by atoms with van der Waals surface area (Å²) in [6, 6.07) is 3.48. The van der Waals surface area contributed by atoms with Crippen LogP contribution in [0, 0.1) is 26.2 Å². The maximum Gasteiger partial charge on any atom is 0.119 e. The molecule has 1 heteroatoms. The predicted molar refractivity (Wildman–Crippen MR) is 45.5 cm³/mol. The predicted octanol–water partition coefficient (Wildman–Crippen LogP) is 1.99. The third-order valence-corrected chi connectivity index (χ3v) is 1.79. The lowest BCUT2D eigenvalue weighted by atomic mass is 10.0. The molecule has 0 saturated carbocycles. The highest BCUT2D eigenvalue weighted by Crippen LogP contribution is 2.21. The van der Waals surface area contributed by atoms with Gasteiger partial charge in [-0.1, -0.05) is 12.0 Å². The maximum absolute atomic E-state index is 9.26. The molecule has 0 radical (unpaired) electrons. The Morgan fingerprint density at radius 1 is 1.36 bits per heavy atom. The van der Waals surface area contributed by atoms with Gasteiger partial charge in [-0.3, -0.25) is 0 Å². The van der Waals surface area contributed by atoms with Crippen molar-refractivity contribution in [3.05, 3.63) is 28.8 Å². The topological polar surface area (TPSA) is 20.2 Å². The van der Waals surface area contributed by atoms with E-state index in [4.69, 9.17) is 6.42 Å². The molecule has 0 aromatic heterocycles. The second-order valence-electron chi connectivity index (χ2n) is 2.55. The molecular weight excluding hydrogens is 136 g/mol. The lowest BCUT2D eigenvalue weighted by Crippen LogP contribution is -1.86. The Bertz CT molecular complexity index is 318. The molecule has 0 heterocycles. The fraction of sp³-hybridized carbons (Fsp3) is 0.200. The minimum atomic E-state index is 0.267. The maximum atomic E-state index is 9.26. The van der Waals surface area contributed by atoms with E-state index < -0.39 is 0 Å². The molecule has 0 aliphatic heterocycles. The summed E-state index contributed by atoms with van der Waals surface area (Å²) in [6.45, 7) is 3.75. The fourth-order valence-corrected chi connectivity index (χ4v) is 1.06. The molecular formula is C10H10O. The molecule has 1 nitrogen and oxygen atoms in total. The van der Waals surface area contributed by atoms with Crippen molar-refractivity contribution in [1.29, 1.82) is 0 Å². The summed E-state index contributed by atoms with van der Waals surface area (Å²) in [5, 5.41) is 9.26. The van der Waals surface area contributed by atoms with Gasteiger partial charge in [-0.05, 0) is 25.5 Å². The Morgan fingerprint density at radius 3 is 2.45 bits per heavy atom. The van der Waals surface area contributed by atoms with Gasteiger partial charge in [0.2, 0.25) is 0 Å². The smallest absolute Gasteiger partial charge is 0.119 e. The van der Waals surface area contributed by atoms with Crippen molar-refractivity contribution in [3.63, 3.8) is 0 Å². The van der Waals surface area contributed by atoms with Crippen LogP contribution >= 0.6 is 0 Å². The van der Waals surface area contributed by atoms with Crippen LogP contribution in [-0.2, 0) is 0 Å². The van der Waals surface area contributed by atoms with Gasteiger partial charge in [0.25, 0.3) is 0 Å². The first kappa shape index (κ1) is 7.68. The summed E-state index contributed by atoms with van der Waals surface area (Å²) in [4.78, 5) is 0. The third kappa shape index (κ3) is 1.20. The molecule has 0 amide bonds. The largest absolute Gasteiger partial charge is 0.508 e. The van der Waals surface area contributed by atoms with Crippen molar-refractivity contribution in [1.82, 2.24) is 0 Å². The SMILES string of the molecule is C#Cc1c(C)ccc(O)c1C. The van der Waals surface area contributed by atoms with Gasteiger partial charge >= 0.3 is 0 Å². The summed E-state index contributed by atoms with van der Waals surface area (Å²) in [5.41, 5.74) is 2.61. The number of hydrogen-bond acceptors (Lipinski definition) is 1. The monoisotopic (exact) mass is 146 g/mol. The molecule has 0 saturated heterocycles. The Morgan fingerprint density at radius 2 is 2.00 bits per heavy atom. The molecule has 11 heavy (non-hydrogen) atoms. The molecule has 0 spiro atoms. The molecule has 1 aromatic rings. The number of phenols is 1. The number of benzene rings is 1. The van der Waals surface area contributed by atoms with Gasteiger partial charge in [-0.25, -0.2) is 0 Å². The van der Waals surface area contributed by atoms with E-state index in [-0.39, 0.29) is 5.75 Å². The first-order valence-corrected chi connectivity index (χ1v) is 3.42. The molecule has 0 aliphatic carbocycles. The summed E-state index contributed by atoms with van der Waals surface area (Å²) < 4.78 is 0. The van der Waals surface area contributed by atoms with Crippen LogP contribution in [0.2, 0.25) is 0 Å². The van der Waals surface area contributed by atoms with Crippen molar-refractivity contribution >= 4 is 0 Å². The molecule has 0 fully saturated rings. The number of aromatic hydroxyl groups is 1. The lowest BCUT2D eigenvalue weighted by Gasteiger charge is -2.03. The number of aryl methyl sites for hydroxylation is 1. The first-order valence-electron chi connectivity index (χ1n) is 3.42. The van der Waals surface area contributed by atoms with E-state index in [0.717, 1.165) is 16.7 Å². The zero-order valence-corrected chi connectivity index (χ0v) is 6.68. The molecule has 0 atom stereocenters. The lowest BCUT2D eigenvalue weighted by molar-refractivity contribution is 0.470. The molecule has 1 N–H and O–H groups in total. The van der Waals surface area contributed by atoms with Crippen LogP contribution < -0.4 is 0 Å². The van der Waals surface area contributed by atoms with Gasteiger partial charge in [-0.2, -0.15) is 0 Å². The quantitative estimate of drug-likeness (QED) is 0.555. The van der Waals surface area contributed by atoms with Crippen molar-refractivity contribution < 1.29 is 5.11 Å². The second kappa shape index (κ2) is 2.67. The first-order chi connectivity index (χ1) is 5.16. The van der Waals surface area contributed by atoms with E-state index in [0.29, 0.717) is 0 Å². The van der Waals surface area contributed by atoms with E-state index in [9.17, 15) is 5.11 Å². The van der Waals surface area contributed by atoms with Crippen LogP contribution in [0.4, 0.5) is 0 Å². The fourth-order valence-electron chi connectivity index (χ4n) is 1.06. The van der Waals surface area contributed by atoms with E-state index in [1.165, 1.54) is 0 Å². The number of rotatable bonds is 0. The highest BCUT2D eigenvalue weighted by molar-refractivity contribution is 5.50. The second-order valence-corrected chi connectivity index (χ2v) is 2.55. The zero-order valence-electron chi connectivity index (χ0n) is 6.68. The average Bonchev–Trinajstić information content (AvgIpc) is 1.99. The summed E-state index contributed by atoms with van der Waals surface area (Å²) in [5.74, 6) is 2.81.